The third-order valence-corrected chi connectivity index (χ3v) is 5.40. The van der Waals surface area contributed by atoms with Crippen molar-refractivity contribution in [1.29, 1.82) is 0 Å². The number of aromatic amines is 1. The van der Waals surface area contributed by atoms with Gasteiger partial charge in [0.05, 0.1) is 13.1 Å². The largest absolute Gasteiger partial charge is 0.397 e. The molecule has 3 aromatic rings. The van der Waals surface area contributed by atoms with Crippen LogP contribution in [0, 0.1) is 6.92 Å². The van der Waals surface area contributed by atoms with Gasteiger partial charge in [0, 0.05) is 28.4 Å². The van der Waals surface area contributed by atoms with Gasteiger partial charge < -0.3 is 15.5 Å². The number of hydrogen-bond acceptors (Lipinski definition) is 7. The second-order valence-electron chi connectivity index (χ2n) is 7.63. The van der Waals surface area contributed by atoms with Gasteiger partial charge in [-0.1, -0.05) is 0 Å². The van der Waals surface area contributed by atoms with Crippen molar-refractivity contribution in [3.63, 3.8) is 0 Å². The van der Waals surface area contributed by atoms with Gasteiger partial charge in [-0.25, -0.2) is 18.7 Å². The predicted octanol–water partition coefficient (Wildman–Crippen LogP) is 4.75. The zero-order valence-corrected chi connectivity index (χ0v) is 18.4. The molecule has 1 saturated heterocycles. The second kappa shape index (κ2) is 9.08. The van der Waals surface area contributed by atoms with E-state index in [1.165, 1.54) is 17.0 Å². The Morgan fingerprint density at radius 1 is 1.15 bits per heavy atom. The summed E-state index contributed by atoms with van der Waals surface area (Å²) in [6.45, 7) is 0.908. The standard InChI is InChI=1S/C20H18F5N7OS/c1-11-6-15(31-30-11)27-14-7-16(32-9-19(21,22)10-32)29-18(28-14)34-13-4-2-12(3-5-13)26-17(33)8-20(23,24)25/h2-7H,8-10H2,1H3,(H,26,33)(H2,27,28,29,30,31). The van der Waals surface area contributed by atoms with Crippen molar-refractivity contribution in [3.05, 3.63) is 42.1 Å². The van der Waals surface area contributed by atoms with Crippen LogP contribution in [0.2, 0.25) is 0 Å². The van der Waals surface area contributed by atoms with Crippen LogP contribution in [-0.2, 0) is 4.79 Å². The first kappa shape index (κ1) is 23.7. The van der Waals surface area contributed by atoms with E-state index in [4.69, 9.17) is 0 Å². The van der Waals surface area contributed by atoms with Crippen LogP contribution in [0.4, 0.5) is 45.1 Å². The number of carbonyl (C=O) groups excluding carboxylic acids is 1. The first-order chi connectivity index (χ1) is 15.9. The monoisotopic (exact) mass is 499 g/mol. The van der Waals surface area contributed by atoms with Crippen molar-refractivity contribution in [3.8, 4) is 0 Å². The van der Waals surface area contributed by atoms with E-state index in [-0.39, 0.29) is 10.8 Å². The number of anilines is 4. The number of alkyl halides is 5. The fourth-order valence-corrected chi connectivity index (χ4v) is 3.84. The van der Waals surface area contributed by atoms with Crippen LogP contribution in [0.15, 0.2) is 46.5 Å². The Bertz CT molecular complexity index is 1170. The maximum absolute atomic E-state index is 13.4. The van der Waals surface area contributed by atoms with Crippen LogP contribution in [0.25, 0.3) is 0 Å². The van der Waals surface area contributed by atoms with Crippen molar-refractivity contribution in [1.82, 2.24) is 20.2 Å². The van der Waals surface area contributed by atoms with E-state index in [0.29, 0.717) is 22.3 Å². The molecule has 34 heavy (non-hydrogen) atoms. The molecule has 3 heterocycles. The van der Waals surface area contributed by atoms with E-state index in [1.807, 2.05) is 6.92 Å². The van der Waals surface area contributed by atoms with Crippen LogP contribution in [0.3, 0.4) is 0 Å². The van der Waals surface area contributed by atoms with Crippen molar-refractivity contribution < 1.29 is 26.7 Å². The van der Waals surface area contributed by atoms with Gasteiger partial charge in [0.15, 0.2) is 11.0 Å². The molecule has 0 radical (unpaired) electrons. The lowest BCUT2D eigenvalue weighted by molar-refractivity contribution is -0.150. The Morgan fingerprint density at radius 3 is 2.44 bits per heavy atom. The van der Waals surface area contributed by atoms with Gasteiger partial charge in [-0.15, -0.1) is 0 Å². The van der Waals surface area contributed by atoms with Crippen LogP contribution < -0.4 is 15.5 Å². The molecule has 1 fully saturated rings. The number of nitrogens with zero attached hydrogens (tertiary/aromatic N) is 4. The Balaban J connectivity index is 1.50. The van der Waals surface area contributed by atoms with Crippen molar-refractivity contribution in [2.45, 2.75) is 35.5 Å². The summed E-state index contributed by atoms with van der Waals surface area (Å²) in [4.78, 5) is 22.2. The number of H-pyrrole nitrogens is 1. The third-order valence-electron chi connectivity index (χ3n) is 4.53. The highest BCUT2D eigenvalue weighted by Crippen LogP contribution is 2.34. The number of carbonyl (C=O) groups is 1. The Hall–Kier alpha value is -3.42. The number of amides is 1. The molecule has 2 aromatic heterocycles. The molecule has 14 heteroatoms. The van der Waals surface area contributed by atoms with E-state index in [1.54, 1.807) is 24.3 Å². The summed E-state index contributed by atoms with van der Waals surface area (Å²) in [7, 11) is 0. The van der Waals surface area contributed by atoms with Crippen LogP contribution in [0.1, 0.15) is 12.1 Å². The van der Waals surface area contributed by atoms with Gasteiger partial charge >= 0.3 is 6.18 Å². The highest BCUT2D eigenvalue weighted by atomic mass is 32.2. The maximum atomic E-state index is 13.4. The first-order valence-electron chi connectivity index (χ1n) is 9.90. The molecule has 0 atom stereocenters. The second-order valence-corrected chi connectivity index (χ2v) is 8.67. The Kier molecular flexibility index (Phi) is 6.34. The number of rotatable bonds is 7. The smallest absolute Gasteiger partial charge is 0.344 e. The lowest BCUT2D eigenvalue weighted by Crippen LogP contribution is -2.56. The number of hydrogen-bond donors (Lipinski definition) is 3. The van der Waals surface area contributed by atoms with Crippen LogP contribution in [0.5, 0.6) is 0 Å². The molecule has 0 spiro atoms. The van der Waals surface area contributed by atoms with E-state index in [0.717, 1.165) is 17.5 Å². The summed E-state index contributed by atoms with van der Waals surface area (Å²) >= 11 is 1.12. The molecule has 1 aromatic carbocycles. The summed E-state index contributed by atoms with van der Waals surface area (Å²) < 4.78 is 63.7. The Labute approximate surface area is 194 Å². The van der Waals surface area contributed by atoms with Crippen LogP contribution >= 0.6 is 11.8 Å². The molecule has 8 nitrogen and oxygen atoms in total. The van der Waals surface area contributed by atoms with Crippen LogP contribution in [-0.4, -0.2) is 51.3 Å². The molecule has 1 amide bonds. The highest BCUT2D eigenvalue weighted by molar-refractivity contribution is 7.99. The van der Waals surface area contributed by atoms with Gasteiger partial charge in [0.2, 0.25) is 5.91 Å². The van der Waals surface area contributed by atoms with Gasteiger partial charge in [0.1, 0.15) is 18.1 Å². The number of halogens is 5. The first-order valence-corrected chi connectivity index (χ1v) is 10.7. The fraction of sp³-hybridized carbons (Fsp3) is 0.300. The average molecular weight is 499 g/mol. The van der Waals surface area contributed by atoms with E-state index >= 15 is 0 Å². The minimum absolute atomic E-state index is 0.201. The lowest BCUT2D eigenvalue weighted by Gasteiger charge is -2.39. The molecule has 0 unspecified atom stereocenters. The third kappa shape index (κ3) is 6.34. The van der Waals surface area contributed by atoms with Gasteiger partial charge in [-0.3, -0.25) is 9.89 Å². The summed E-state index contributed by atoms with van der Waals surface area (Å²) in [6.07, 6.45) is -6.17. The number of nitrogens with one attached hydrogen (secondary N) is 3. The van der Waals surface area contributed by atoms with Crippen molar-refractivity contribution in [2.75, 3.05) is 28.6 Å². The van der Waals surface area contributed by atoms with E-state index in [9.17, 15) is 26.7 Å². The van der Waals surface area contributed by atoms with Gasteiger partial charge in [0.25, 0.3) is 5.92 Å². The molecule has 0 bridgehead atoms. The topological polar surface area (TPSA) is 98.8 Å². The minimum atomic E-state index is -4.59. The molecular formula is C20H18F5N7OS. The molecule has 1 aliphatic rings. The Morgan fingerprint density at radius 2 is 1.85 bits per heavy atom. The molecule has 0 saturated carbocycles. The average Bonchev–Trinajstić information content (AvgIpc) is 3.10. The minimum Gasteiger partial charge on any atom is -0.344 e. The summed E-state index contributed by atoms with van der Waals surface area (Å²) in [5.74, 6) is -2.79. The number of aromatic nitrogens is 4. The van der Waals surface area contributed by atoms with Gasteiger partial charge in [-0.05, 0) is 43.0 Å². The SMILES string of the molecule is Cc1cc(Nc2cc(N3CC(F)(F)C3)nc(Sc3ccc(NC(=O)CC(F)(F)F)cc3)n2)n[nH]1. The quantitative estimate of drug-likeness (QED) is 0.319. The molecule has 4 rings (SSSR count). The number of benzene rings is 1. The van der Waals surface area contributed by atoms with E-state index in [2.05, 4.69) is 30.8 Å². The normalized spacial score (nSPS) is 15.1. The predicted molar refractivity (Wildman–Crippen MR) is 116 cm³/mol. The molecule has 1 aliphatic heterocycles. The zero-order chi connectivity index (χ0) is 24.5. The molecule has 0 aliphatic carbocycles. The van der Waals surface area contributed by atoms with Crippen molar-refractivity contribution in [2.24, 2.45) is 0 Å². The lowest BCUT2D eigenvalue weighted by atomic mass is 10.1. The molecule has 180 valence electrons. The summed E-state index contributed by atoms with van der Waals surface area (Å²) in [6, 6.07) is 9.34. The maximum Gasteiger partial charge on any atom is 0.397 e. The van der Waals surface area contributed by atoms with Gasteiger partial charge in [-0.2, -0.15) is 18.3 Å². The molecule has 3 N–H and O–H groups in total. The fourth-order valence-electron chi connectivity index (χ4n) is 3.07. The zero-order valence-electron chi connectivity index (χ0n) is 17.6. The summed E-state index contributed by atoms with van der Waals surface area (Å²) in [5, 5.41) is 12.3. The highest BCUT2D eigenvalue weighted by Gasteiger charge is 2.44. The van der Waals surface area contributed by atoms with E-state index < -0.39 is 37.5 Å². The summed E-state index contributed by atoms with van der Waals surface area (Å²) in [5.41, 5.74) is 1.02. The molecular weight excluding hydrogens is 481 g/mol. The van der Waals surface area contributed by atoms with Crippen molar-refractivity contribution >= 4 is 40.8 Å². The number of aryl methyl sites for hydroxylation is 1.